The molecule has 7 nitrogen and oxygen atoms in total. The van der Waals surface area contributed by atoms with Gasteiger partial charge in [-0.1, -0.05) is 43.3 Å². The van der Waals surface area contributed by atoms with Gasteiger partial charge in [0, 0.05) is 32.7 Å². The number of aliphatic hydroxyl groups is 1. The Morgan fingerprint density at radius 1 is 1.19 bits per heavy atom. The molecule has 0 bridgehead atoms. The van der Waals surface area contributed by atoms with Gasteiger partial charge in [-0.15, -0.1) is 0 Å². The molecule has 0 spiro atoms. The summed E-state index contributed by atoms with van der Waals surface area (Å²) >= 11 is 0. The highest BCUT2D eigenvalue weighted by atomic mass is 19.1. The predicted octanol–water partition coefficient (Wildman–Crippen LogP) is 5.28. The smallest absolute Gasteiger partial charge is 0.410 e. The molecule has 0 radical (unpaired) electrons. The van der Waals surface area contributed by atoms with Crippen LogP contribution >= 0.6 is 0 Å². The fraction of sp³-hybridized carbons (Fsp3) is 0.552. The first kappa shape index (κ1) is 29.0. The van der Waals surface area contributed by atoms with Gasteiger partial charge in [0.25, 0.3) is 0 Å². The summed E-state index contributed by atoms with van der Waals surface area (Å²) < 4.78 is 37.9. The summed E-state index contributed by atoms with van der Waals surface area (Å²) in [5.41, 5.74) is 0.105. The standard InChI is InChI=1S/C29H40FNO6/c1-7-20-10-8-11-21(18-20)26-22(12-9-13-23(26)30)29(33,15-14-25(34-5)35-6)24-19-31(16-17-36-24)27(32)37-28(2,3)4/h8-13,18,24-25,33H,7,14-17,19H2,1-6H3/t24-,29-/m1/s1. The molecule has 2 aromatic rings. The number of aryl methyl sites for hydroxylation is 1. The first-order chi connectivity index (χ1) is 17.5. The van der Waals surface area contributed by atoms with Crippen molar-refractivity contribution in [2.45, 2.75) is 70.6 Å². The van der Waals surface area contributed by atoms with Gasteiger partial charge in [-0.05, 0) is 56.4 Å². The fourth-order valence-corrected chi connectivity index (χ4v) is 4.69. The first-order valence-corrected chi connectivity index (χ1v) is 12.8. The molecule has 204 valence electrons. The lowest BCUT2D eigenvalue weighted by atomic mass is 9.79. The van der Waals surface area contributed by atoms with Crippen molar-refractivity contribution in [2.24, 2.45) is 0 Å². The summed E-state index contributed by atoms with van der Waals surface area (Å²) in [7, 11) is 3.05. The van der Waals surface area contributed by atoms with Crippen LogP contribution in [0.5, 0.6) is 0 Å². The van der Waals surface area contributed by atoms with E-state index in [1.165, 1.54) is 25.2 Å². The van der Waals surface area contributed by atoms with Crippen LogP contribution in [0.15, 0.2) is 42.5 Å². The molecule has 3 rings (SSSR count). The van der Waals surface area contributed by atoms with Crippen molar-refractivity contribution >= 4 is 6.09 Å². The van der Waals surface area contributed by atoms with Crippen LogP contribution in [0, 0.1) is 5.82 Å². The van der Waals surface area contributed by atoms with Gasteiger partial charge < -0.3 is 29.0 Å². The SMILES string of the molecule is CCc1cccc(-c2c(F)cccc2[C@](O)(CCC(OC)OC)[C@H]2CN(C(=O)OC(C)(C)C)CCO2)c1. The van der Waals surface area contributed by atoms with Gasteiger partial charge in [0.05, 0.1) is 13.2 Å². The molecule has 0 saturated carbocycles. The van der Waals surface area contributed by atoms with E-state index >= 15 is 4.39 Å². The Kier molecular flexibility index (Phi) is 9.69. The van der Waals surface area contributed by atoms with E-state index in [2.05, 4.69) is 0 Å². The molecule has 1 fully saturated rings. The second kappa shape index (κ2) is 12.3. The minimum atomic E-state index is -1.66. The normalized spacial score (nSPS) is 18.1. The van der Waals surface area contributed by atoms with Gasteiger partial charge in [-0.25, -0.2) is 9.18 Å². The molecule has 2 aromatic carbocycles. The Balaban J connectivity index is 2.07. The molecule has 1 aliphatic heterocycles. The van der Waals surface area contributed by atoms with Gasteiger partial charge in [0.2, 0.25) is 0 Å². The third kappa shape index (κ3) is 7.08. The number of rotatable bonds is 9. The summed E-state index contributed by atoms with van der Waals surface area (Å²) in [5.74, 6) is -0.445. The number of benzene rings is 2. The average molecular weight is 518 g/mol. The summed E-state index contributed by atoms with van der Waals surface area (Å²) in [6.45, 7) is 8.07. The van der Waals surface area contributed by atoms with E-state index in [4.69, 9.17) is 18.9 Å². The minimum Gasteiger partial charge on any atom is -0.444 e. The fourth-order valence-electron chi connectivity index (χ4n) is 4.69. The van der Waals surface area contributed by atoms with Crippen LogP contribution in [-0.2, 0) is 31.0 Å². The first-order valence-electron chi connectivity index (χ1n) is 12.8. The summed E-state index contributed by atoms with van der Waals surface area (Å²) in [4.78, 5) is 14.4. The highest BCUT2D eigenvalue weighted by molar-refractivity contribution is 5.71. The number of ether oxygens (including phenoxy) is 4. The van der Waals surface area contributed by atoms with Gasteiger partial charge in [0.1, 0.15) is 23.1 Å². The third-order valence-corrected chi connectivity index (χ3v) is 6.64. The molecular formula is C29H40FNO6. The van der Waals surface area contributed by atoms with Crippen LogP contribution in [0.1, 0.15) is 51.7 Å². The van der Waals surface area contributed by atoms with Crippen molar-refractivity contribution in [2.75, 3.05) is 33.9 Å². The van der Waals surface area contributed by atoms with E-state index in [9.17, 15) is 9.90 Å². The molecule has 8 heteroatoms. The monoisotopic (exact) mass is 517 g/mol. The average Bonchev–Trinajstić information content (AvgIpc) is 2.88. The molecule has 1 saturated heterocycles. The second-order valence-corrected chi connectivity index (χ2v) is 10.4. The quantitative estimate of drug-likeness (QED) is 0.456. The zero-order valence-corrected chi connectivity index (χ0v) is 22.8. The van der Waals surface area contributed by atoms with Crippen LogP contribution in [0.25, 0.3) is 11.1 Å². The zero-order valence-electron chi connectivity index (χ0n) is 22.8. The molecule has 0 aromatic heterocycles. The number of carbonyl (C=O) groups excluding carboxylic acids is 1. The highest BCUT2D eigenvalue weighted by Gasteiger charge is 2.45. The molecule has 1 amide bonds. The number of halogens is 1. The van der Waals surface area contributed by atoms with E-state index in [0.717, 1.165) is 12.0 Å². The number of nitrogens with zero attached hydrogens (tertiary/aromatic N) is 1. The summed E-state index contributed by atoms with van der Waals surface area (Å²) in [6, 6.07) is 12.3. The molecule has 0 aliphatic carbocycles. The van der Waals surface area contributed by atoms with E-state index in [0.29, 0.717) is 29.7 Å². The maximum absolute atomic E-state index is 15.5. The number of hydrogen-bond acceptors (Lipinski definition) is 6. The van der Waals surface area contributed by atoms with Crippen LogP contribution in [-0.4, -0.2) is 68.0 Å². The van der Waals surface area contributed by atoms with Crippen LogP contribution in [0.3, 0.4) is 0 Å². The Bertz CT molecular complexity index is 1050. The number of amides is 1. The van der Waals surface area contributed by atoms with Crippen molar-refractivity contribution in [1.82, 2.24) is 4.90 Å². The van der Waals surface area contributed by atoms with Gasteiger partial charge in [-0.3, -0.25) is 0 Å². The second-order valence-electron chi connectivity index (χ2n) is 10.4. The lowest BCUT2D eigenvalue weighted by Crippen LogP contribution is -2.55. The van der Waals surface area contributed by atoms with Crippen molar-refractivity contribution in [3.05, 3.63) is 59.4 Å². The largest absolute Gasteiger partial charge is 0.444 e. The van der Waals surface area contributed by atoms with Crippen LogP contribution in [0.4, 0.5) is 9.18 Å². The van der Waals surface area contributed by atoms with E-state index < -0.39 is 35.5 Å². The number of morpholine rings is 1. The van der Waals surface area contributed by atoms with Crippen molar-refractivity contribution in [1.29, 1.82) is 0 Å². The lowest BCUT2D eigenvalue weighted by molar-refractivity contribution is -0.165. The maximum atomic E-state index is 15.5. The Morgan fingerprint density at radius 3 is 2.54 bits per heavy atom. The Hall–Kier alpha value is -2.52. The molecule has 2 atom stereocenters. The third-order valence-electron chi connectivity index (χ3n) is 6.64. The molecule has 1 heterocycles. The number of methoxy groups -OCH3 is 2. The van der Waals surface area contributed by atoms with Crippen LogP contribution in [0.2, 0.25) is 0 Å². The molecule has 37 heavy (non-hydrogen) atoms. The molecular weight excluding hydrogens is 477 g/mol. The molecule has 1 aliphatic rings. The van der Waals surface area contributed by atoms with Crippen molar-refractivity contribution in [3.8, 4) is 11.1 Å². The zero-order chi connectivity index (χ0) is 27.2. The lowest BCUT2D eigenvalue weighted by Gasteiger charge is -2.43. The number of carbonyl (C=O) groups is 1. The van der Waals surface area contributed by atoms with Gasteiger partial charge in [0.15, 0.2) is 6.29 Å². The van der Waals surface area contributed by atoms with Crippen LogP contribution < -0.4 is 0 Å². The van der Waals surface area contributed by atoms with Gasteiger partial charge >= 0.3 is 6.09 Å². The van der Waals surface area contributed by atoms with E-state index in [1.807, 2.05) is 31.2 Å². The highest BCUT2D eigenvalue weighted by Crippen LogP contribution is 2.41. The minimum absolute atomic E-state index is 0.0843. The Morgan fingerprint density at radius 2 is 1.89 bits per heavy atom. The van der Waals surface area contributed by atoms with E-state index in [1.54, 1.807) is 32.9 Å². The summed E-state index contributed by atoms with van der Waals surface area (Å²) in [5, 5.41) is 12.4. The predicted molar refractivity (Wildman–Crippen MR) is 140 cm³/mol. The van der Waals surface area contributed by atoms with Gasteiger partial charge in [-0.2, -0.15) is 0 Å². The number of hydrogen-bond donors (Lipinski definition) is 1. The topological polar surface area (TPSA) is 77.5 Å². The Labute approximate surface area is 219 Å². The van der Waals surface area contributed by atoms with Crippen molar-refractivity contribution in [3.63, 3.8) is 0 Å². The maximum Gasteiger partial charge on any atom is 0.410 e. The van der Waals surface area contributed by atoms with E-state index in [-0.39, 0.29) is 19.6 Å². The molecule has 0 unspecified atom stereocenters. The molecule has 1 N–H and O–H groups in total. The summed E-state index contributed by atoms with van der Waals surface area (Å²) in [6.07, 6.45) is -0.626. The van der Waals surface area contributed by atoms with Crippen molar-refractivity contribution < 1.29 is 33.2 Å².